The summed E-state index contributed by atoms with van der Waals surface area (Å²) in [5.74, 6) is -2.70. The maximum atomic E-state index is 12.3. The van der Waals surface area contributed by atoms with Crippen molar-refractivity contribution in [3.63, 3.8) is 0 Å². The summed E-state index contributed by atoms with van der Waals surface area (Å²) in [6, 6.07) is 0. The van der Waals surface area contributed by atoms with Gasteiger partial charge in [-0.25, -0.2) is 9.59 Å². The summed E-state index contributed by atoms with van der Waals surface area (Å²) in [6.45, 7) is 5.05. The van der Waals surface area contributed by atoms with Crippen molar-refractivity contribution in [2.75, 3.05) is 20.0 Å². The van der Waals surface area contributed by atoms with Gasteiger partial charge in [-0.2, -0.15) is 0 Å². The van der Waals surface area contributed by atoms with Crippen LogP contribution in [-0.2, 0) is 34.6 Å². The average molecular weight is 347 g/mol. The number of hydrogen-bond acceptors (Lipinski definition) is 7. The van der Waals surface area contributed by atoms with Crippen LogP contribution in [0.1, 0.15) is 20.8 Å². The number of amides is 1. The molecule has 130 valence electrons. The van der Waals surface area contributed by atoms with E-state index >= 15 is 0 Å². The minimum Gasteiger partial charge on any atom is -0.469 e. The van der Waals surface area contributed by atoms with Gasteiger partial charge in [0.25, 0.3) is 0 Å². The van der Waals surface area contributed by atoms with Crippen molar-refractivity contribution >= 4 is 28.8 Å². The van der Waals surface area contributed by atoms with Crippen molar-refractivity contribution in [1.29, 1.82) is 0 Å². The first-order valence-electron chi connectivity index (χ1n) is 7.12. The molecule has 0 spiro atoms. The molecule has 0 radical (unpaired) electrons. The highest BCUT2D eigenvalue weighted by Gasteiger charge is 2.76. The van der Waals surface area contributed by atoms with Gasteiger partial charge in [0.05, 0.1) is 31.1 Å². The first kappa shape index (κ1) is 17.7. The summed E-state index contributed by atoms with van der Waals surface area (Å²) in [6.07, 6.45) is -0.823. The number of rotatable bonds is 3. The van der Waals surface area contributed by atoms with Crippen molar-refractivity contribution in [3.05, 3.63) is 0 Å². The van der Waals surface area contributed by atoms with Gasteiger partial charge >= 0.3 is 18.0 Å². The standard InChI is InChI=1S/C14H21NO7S/c1-13(2,3)22-12(18)15-14(11(17)21-5)6-23(19)9-7(8(9)14)10(16)20-4/h7-9H,6H2,1-5H3,(H,15,18)/t7-,8-,9+,14+,23+/m1/s1. The predicted molar refractivity (Wildman–Crippen MR) is 79.9 cm³/mol. The van der Waals surface area contributed by atoms with Crippen LogP contribution < -0.4 is 5.32 Å². The summed E-state index contributed by atoms with van der Waals surface area (Å²) in [5.41, 5.74) is -2.30. The molecular formula is C14H21NO7S. The topological polar surface area (TPSA) is 108 Å². The highest BCUT2D eigenvalue weighted by molar-refractivity contribution is 7.86. The summed E-state index contributed by atoms with van der Waals surface area (Å²) in [4.78, 5) is 36.2. The van der Waals surface area contributed by atoms with E-state index in [1.165, 1.54) is 14.2 Å². The number of carbonyl (C=O) groups excluding carboxylic acids is 3. The molecule has 0 unspecified atom stereocenters. The van der Waals surface area contributed by atoms with Gasteiger partial charge in [-0.3, -0.25) is 9.00 Å². The average Bonchev–Trinajstić information content (AvgIpc) is 3.12. The van der Waals surface area contributed by atoms with E-state index in [2.05, 4.69) is 10.1 Å². The van der Waals surface area contributed by atoms with E-state index in [0.29, 0.717) is 0 Å². The smallest absolute Gasteiger partial charge is 0.408 e. The molecule has 0 aromatic heterocycles. The van der Waals surface area contributed by atoms with Crippen molar-refractivity contribution < 1.29 is 32.8 Å². The fourth-order valence-electron chi connectivity index (χ4n) is 3.06. The van der Waals surface area contributed by atoms with Gasteiger partial charge in [0, 0.05) is 16.7 Å². The molecule has 1 saturated heterocycles. The normalized spacial score (nSPS) is 35.0. The van der Waals surface area contributed by atoms with Gasteiger partial charge < -0.3 is 19.5 Å². The molecule has 0 aromatic carbocycles. The number of nitrogens with one attached hydrogen (secondary N) is 1. The Morgan fingerprint density at radius 1 is 1.17 bits per heavy atom. The van der Waals surface area contributed by atoms with Gasteiger partial charge in [-0.15, -0.1) is 0 Å². The van der Waals surface area contributed by atoms with Crippen LogP contribution in [0.4, 0.5) is 4.79 Å². The van der Waals surface area contributed by atoms with Crippen LogP contribution in [0, 0.1) is 11.8 Å². The number of methoxy groups -OCH3 is 2. The lowest BCUT2D eigenvalue weighted by molar-refractivity contribution is -0.149. The lowest BCUT2D eigenvalue weighted by Crippen LogP contribution is -2.59. The van der Waals surface area contributed by atoms with Crippen LogP contribution in [0.3, 0.4) is 0 Å². The number of alkyl carbamates (subject to hydrolysis) is 1. The van der Waals surface area contributed by atoms with Crippen LogP contribution in [0.5, 0.6) is 0 Å². The molecule has 1 aliphatic heterocycles. The fraction of sp³-hybridized carbons (Fsp3) is 0.786. The Balaban J connectivity index is 2.28. The molecule has 2 aliphatic rings. The third-order valence-corrected chi connectivity index (χ3v) is 5.88. The Hall–Kier alpha value is -1.64. The highest BCUT2D eigenvalue weighted by atomic mass is 32.2. The molecule has 1 heterocycles. The maximum absolute atomic E-state index is 12.3. The Morgan fingerprint density at radius 2 is 1.78 bits per heavy atom. The Kier molecular flexibility index (Phi) is 4.44. The maximum Gasteiger partial charge on any atom is 0.408 e. The second-order valence-electron chi connectivity index (χ2n) is 6.65. The van der Waals surface area contributed by atoms with E-state index < -0.39 is 57.1 Å². The van der Waals surface area contributed by atoms with Crippen LogP contribution in [0.2, 0.25) is 0 Å². The first-order valence-corrected chi connectivity index (χ1v) is 8.50. The third-order valence-electron chi connectivity index (χ3n) is 3.94. The molecule has 0 aromatic rings. The fourth-order valence-corrected chi connectivity index (χ4v) is 5.33. The Bertz CT molecular complexity index is 570. The van der Waals surface area contributed by atoms with Gasteiger partial charge in [0.2, 0.25) is 0 Å². The van der Waals surface area contributed by atoms with E-state index in [1.807, 2.05) is 0 Å². The number of carbonyl (C=O) groups is 3. The molecule has 8 nitrogen and oxygen atoms in total. The van der Waals surface area contributed by atoms with Gasteiger partial charge in [-0.1, -0.05) is 0 Å². The molecule has 23 heavy (non-hydrogen) atoms. The molecule has 9 heteroatoms. The van der Waals surface area contributed by atoms with Crippen molar-refractivity contribution in [3.8, 4) is 0 Å². The SMILES string of the molecule is COC(=O)[C@H]1[C@H]2[C@@H]1[C@](NC(=O)OC(C)(C)C)(C(=O)OC)C[S@@]2=O. The van der Waals surface area contributed by atoms with Crippen LogP contribution in [0.25, 0.3) is 0 Å². The van der Waals surface area contributed by atoms with E-state index in [0.717, 1.165) is 0 Å². The summed E-state index contributed by atoms with van der Waals surface area (Å²) in [5, 5.41) is 1.98. The van der Waals surface area contributed by atoms with E-state index in [9.17, 15) is 18.6 Å². The molecule has 0 bridgehead atoms. The first-order chi connectivity index (χ1) is 10.6. The second kappa shape index (κ2) is 5.77. The van der Waals surface area contributed by atoms with Crippen molar-refractivity contribution in [1.82, 2.24) is 5.32 Å². The van der Waals surface area contributed by atoms with Crippen molar-refractivity contribution in [2.24, 2.45) is 11.8 Å². The molecule has 1 amide bonds. The Morgan fingerprint density at radius 3 is 2.26 bits per heavy atom. The number of esters is 2. The summed E-state index contributed by atoms with van der Waals surface area (Å²) in [7, 11) is 0.947. The molecule has 1 aliphatic carbocycles. The highest BCUT2D eigenvalue weighted by Crippen LogP contribution is 2.57. The quantitative estimate of drug-likeness (QED) is 0.564. The minimum absolute atomic E-state index is 0.109. The predicted octanol–water partition coefficient (Wildman–Crippen LogP) is -0.0272. The number of fused-ring (bicyclic) bond motifs is 1. The number of hydrogen-bond donors (Lipinski definition) is 1. The summed E-state index contributed by atoms with van der Waals surface area (Å²) >= 11 is 0. The zero-order chi connectivity index (χ0) is 17.6. The van der Waals surface area contributed by atoms with Gasteiger partial charge in [0.1, 0.15) is 5.60 Å². The summed E-state index contributed by atoms with van der Waals surface area (Å²) < 4.78 is 26.9. The molecule has 2 rings (SSSR count). The third kappa shape index (κ3) is 3.06. The lowest BCUT2D eigenvalue weighted by atomic mass is 9.94. The zero-order valence-electron chi connectivity index (χ0n) is 13.7. The van der Waals surface area contributed by atoms with E-state index in [4.69, 9.17) is 9.47 Å². The lowest BCUT2D eigenvalue weighted by Gasteiger charge is -2.30. The molecule has 2 fully saturated rings. The van der Waals surface area contributed by atoms with E-state index in [-0.39, 0.29) is 5.75 Å². The molecule has 1 N–H and O–H groups in total. The number of ether oxygens (including phenoxy) is 3. The monoisotopic (exact) mass is 347 g/mol. The van der Waals surface area contributed by atoms with Crippen molar-refractivity contribution in [2.45, 2.75) is 37.2 Å². The van der Waals surface area contributed by atoms with Crippen LogP contribution in [-0.4, -0.2) is 58.6 Å². The van der Waals surface area contributed by atoms with Crippen LogP contribution >= 0.6 is 0 Å². The zero-order valence-corrected chi connectivity index (χ0v) is 14.5. The largest absolute Gasteiger partial charge is 0.469 e. The Labute approximate surface area is 136 Å². The van der Waals surface area contributed by atoms with Gasteiger partial charge in [-0.05, 0) is 20.8 Å². The van der Waals surface area contributed by atoms with E-state index in [1.54, 1.807) is 20.8 Å². The molecule has 5 atom stereocenters. The van der Waals surface area contributed by atoms with Gasteiger partial charge in [0.15, 0.2) is 5.54 Å². The molecular weight excluding hydrogens is 326 g/mol. The minimum atomic E-state index is -1.54. The van der Waals surface area contributed by atoms with Crippen LogP contribution in [0.15, 0.2) is 0 Å². The second-order valence-corrected chi connectivity index (χ2v) is 8.25. The molecule has 1 saturated carbocycles.